The van der Waals surface area contributed by atoms with E-state index in [0.29, 0.717) is 5.69 Å². The average molecular weight is 223 g/mol. The Balaban J connectivity index is 2.07. The van der Waals surface area contributed by atoms with Gasteiger partial charge in [0.25, 0.3) is 5.91 Å². The molecule has 1 aliphatic heterocycles. The zero-order valence-electron chi connectivity index (χ0n) is 9.68. The summed E-state index contributed by atoms with van der Waals surface area (Å²) in [6.07, 6.45) is 1.72. The van der Waals surface area contributed by atoms with Crippen molar-refractivity contribution in [2.24, 2.45) is 0 Å². The molecule has 2 rings (SSSR count). The summed E-state index contributed by atoms with van der Waals surface area (Å²) in [6.45, 7) is 7.20. The molecule has 0 bridgehead atoms. The fourth-order valence-electron chi connectivity index (χ4n) is 1.66. The van der Waals surface area contributed by atoms with Gasteiger partial charge in [0.15, 0.2) is 5.69 Å². The van der Waals surface area contributed by atoms with E-state index in [1.165, 1.54) is 0 Å². The van der Waals surface area contributed by atoms with Crippen LogP contribution in [0.5, 0.6) is 0 Å². The summed E-state index contributed by atoms with van der Waals surface area (Å²) in [7, 11) is 0. The molecule has 0 spiro atoms. The monoisotopic (exact) mass is 223 g/mol. The minimum absolute atomic E-state index is 0.0200. The number of carbonyl (C=O) groups excluding carboxylic acids is 1. The van der Waals surface area contributed by atoms with Crippen molar-refractivity contribution in [1.29, 1.82) is 0 Å². The number of piperazine rings is 1. The maximum Gasteiger partial charge on any atom is 0.276 e. The molecule has 1 N–H and O–H groups in total. The number of rotatable bonds is 2. The maximum absolute atomic E-state index is 12.0. The molecule has 0 radical (unpaired) electrons. The Morgan fingerprint density at radius 3 is 2.69 bits per heavy atom. The summed E-state index contributed by atoms with van der Waals surface area (Å²) in [5.41, 5.74) is 0.440. The largest absolute Gasteiger partial charge is 0.335 e. The molecule has 16 heavy (non-hydrogen) atoms. The molecule has 0 aliphatic carbocycles. The Bertz CT molecular complexity index is 367. The topological polar surface area (TPSA) is 63.1 Å². The van der Waals surface area contributed by atoms with Crippen LogP contribution in [0.2, 0.25) is 0 Å². The van der Waals surface area contributed by atoms with E-state index in [1.807, 2.05) is 18.7 Å². The van der Waals surface area contributed by atoms with Gasteiger partial charge in [-0.25, -0.2) is 4.68 Å². The number of carbonyl (C=O) groups is 1. The first-order chi connectivity index (χ1) is 7.68. The van der Waals surface area contributed by atoms with Crippen LogP contribution < -0.4 is 5.32 Å². The van der Waals surface area contributed by atoms with E-state index in [9.17, 15) is 4.79 Å². The minimum Gasteiger partial charge on any atom is -0.335 e. The van der Waals surface area contributed by atoms with Crippen molar-refractivity contribution >= 4 is 5.91 Å². The number of nitrogens with one attached hydrogen (secondary N) is 1. The highest BCUT2D eigenvalue weighted by Gasteiger charge is 2.20. The van der Waals surface area contributed by atoms with Crippen LogP contribution in [0.3, 0.4) is 0 Å². The fourth-order valence-corrected chi connectivity index (χ4v) is 1.66. The summed E-state index contributed by atoms with van der Waals surface area (Å²) >= 11 is 0. The second kappa shape index (κ2) is 4.61. The Morgan fingerprint density at radius 1 is 1.44 bits per heavy atom. The van der Waals surface area contributed by atoms with Gasteiger partial charge in [-0.15, -0.1) is 5.10 Å². The molecule has 6 heteroatoms. The molecule has 0 atom stereocenters. The fraction of sp³-hybridized carbons (Fsp3) is 0.700. The SMILES string of the molecule is CC(C)n1cc(C(=O)N2CCNCC2)nn1. The van der Waals surface area contributed by atoms with Gasteiger partial charge in [-0.05, 0) is 13.8 Å². The minimum atomic E-state index is -0.0200. The van der Waals surface area contributed by atoms with Crippen molar-refractivity contribution in [3.8, 4) is 0 Å². The summed E-state index contributed by atoms with van der Waals surface area (Å²) in [6, 6.07) is 0.233. The van der Waals surface area contributed by atoms with Crippen LogP contribution in [0.15, 0.2) is 6.20 Å². The van der Waals surface area contributed by atoms with Gasteiger partial charge < -0.3 is 10.2 Å². The molecule has 1 saturated heterocycles. The van der Waals surface area contributed by atoms with Crippen molar-refractivity contribution < 1.29 is 4.79 Å². The zero-order valence-corrected chi connectivity index (χ0v) is 9.68. The van der Waals surface area contributed by atoms with Crippen LogP contribution in [0, 0.1) is 0 Å². The van der Waals surface area contributed by atoms with Gasteiger partial charge in [-0.2, -0.15) is 0 Å². The lowest BCUT2D eigenvalue weighted by Crippen LogP contribution is -2.46. The number of aromatic nitrogens is 3. The predicted molar refractivity (Wildman–Crippen MR) is 59.2 cm³/mol. The Morgan fingerprint density at radius 2 is 2.12 bits per heavy atom. The molecule has 88 valence electrons. The van der Waals surface area contributed by atoms with E-state index >= 15 is 0 Å². The van der Waals surface area contributed by atoms with Crippen LogP contribution in [0.4, 0.5) is 0 Å². The van der Waals surface area contributed by atoms with Crippen molar-refractivity contribution in [2.45, 2.75) is 19.9 Å². The van der Waals surface area contributed by atoms with Gasteiger partial charge in [0, 0.05) is 32.2 Å². The molecule has 0 unspecified atom stereocenters. The van der Waals surface area contributed by atoms with Crippen LogP contribution in [-0.2, 0) is 0 Å². The Labute approximate surface area is 94.6 Å². The van der Waals surface area contributed by atoms with E-state index in [4.69, 9.17) is 0 Å². The van der Waals surface area contributed by atoms with Gasteiger partial charge in [-0.1, -0.05) is 5.21 Å². The second-order valence-corrected chi connectivity index (χ2v) is 4.22. The highest BCUT2D eigenvalue weighted by molar-refractivity contribution is 5.92. The summed E-state index contributed by atoms with van der Waals surface area (Å²) in [5.74, 6) is -0.0200. The molecular weight excluding hydrogens is 206 g/mol. The van der Waals surface area contributed by atoms with E-state index < -0.39 is 0 Å². The quantitative estimate of drug-likeness (QED) is 0.760. The molecule has 1 fully saturated rings. The molecule has 1 aliphatic rings. The van der Waals surface area contributed by atoms with Crippen LogP contribution in [0.25, 0.3) is 0 Å². The van der Waals surface area contributed by atoms with Crippen LogP contribution in [0.1, 0.15) is 30.4 Å². The van der Waals surface area contributed by atoms with Crippen LogP contribution >= 0.6 is 0 Å². The first-order valence-electron chi connectivity index (χ1n) is 5.60. The lowest BCUT2D eigenvalue weighted by atomic mass is 10.3. The zero-order chi connectivity index (χ0) is 11.5. The summed E-state index contributed by atoms with van der Waals surface area (Å²) in [4.78, 5) is 13.8. The molecule has 0 aromatic carbocycles. The molecule has 1 amide bonds. The number of hydrogen-bond donors (Lipinski definition) is 1. The molecular formula is C10H17N5O. The van der Waals surface area contributed by atoms with Crippen molar-refractivity contribution in [2.75, 3.05) is 26.2 Å². The highest BCUT2D eigenvalue weighted by atomic mass is 16.2. The van der Waals surface area contributed by atoms with Crippen molar-refractivity contribution in [1.82, 2.24) is 25.2 Å². The van der Waals surface area contributed by atoms with Crippen LogP contribution in [-0.4, -0.2) is 52.0 Å². The third kappa shape index (κ3) is 2.21. The molecule has 0 saturated carbocycles. The van der Waals surface area contributed by atoms with E-state index in [2.05, 4.69) is 15.6 Å². The maximum atomic E-state index is 12.0. The normalized spacial score (nSPS) is 16.8. The van der Waals surface area contributed by atoms with E-state index in [-0.39, 0.29) is 11.9 Å². The van der Waals surface area contributed by atoms with Gasteiger partial charge >= 0.3 is 0 Å². The van der Waals surface area contributed by atoms with Gasteiger partial charge in [0.2, 0.25) is 0 Å². The van der Waals surface area contributed by atoms with Crippen molar-refractivity contribution in [3.05, 3.63) is 11.9 Å². The third-order valence-electron chi connectivity index (χ3n) is 2.66. The number of amides is 1. The highest BCUT2D eigenvalue weighted by Crippen LogP contribution is 2.06. The second-order valence-electron chi connectivity index (χ2n) is 4.22. The van der Waals surface area contributed by atoms with E-state index in [1.54, 1.807) is 10.9 Å². The third-order valence-corrected chi connectivity index (χ3v) is 2.66. The Hall–Kier alpha value is -1.43. The lowest BCUT2D eigenvalue weighted by molar-refractivity contribution is 0.0729. The van der Waals surface area contributed by atoms with E-state index in [0.717, 1.165) is 26.2 Å². The van der Waals surface area contributed by atoms with Gasteiger partial charge in [0.1, 0.15) is 0 Å². The van der Waals surface area contributed by atoms with Gasteiger partial charge in [-0.3, -0.25) is 4.79 Å². The first-order valence-corrected chi connectivity index (χ1v) is 5.60. The summed E-state index contributed by atoms with van der Waals surface area (Å²) in [5, 5.41) is 11.1. The van der Waals surface area contributed by atoms with Gasteiger partial charge in [0.05, 0.1) is 6.20 Å². The molecule has 6 nitrogen and oxygen atoms in total. The van der Waals surface area contributed by atoms with Crippen molar-refractivity contribution in [3.63, 3.8) is 0 Å². The number of hydrogen-bond acceptors (Lipinski definition) is 4. The number of nitrogens with zero attached hydrogens (tertiary/aromatic N) is 4. The lowest BCUT2D eigenvalue weighted by Gasteiger charge is -2.26. The Kier molecular flexibility index (Phi) is 3.19. The molecule has 1 aromatic rings. The average Bonchev–Trinajstić information content (AvgIpc) is 2.78. The molecule has 2 heterocycles. The smallest absolute Gasteiger partial charge is 0.276 e. The first kappa shape index (κ1) is 11.1. The summed E-state index contributed by atoms with van der Waals surface area (Å²) < 4.78 is 1.70. The predicted octanol–water partition coefficient (Wildman–Crippen LogP) is -0.0956. The molecule has 1 aromatic heterocycles. The standard InChI is InChI=1S/C10H17N5O/c1-8(2)15-7-9(12-13-15)10(16)14-5-3-11-4-6-14/h7-8,11H,3-6H2,1-2H3.